The fourth-order valence-corrected chi connectivity index (χ4v) is 7.04. The Hall–Kier alpha value is -1.87. The summed E-state index contributed by atoms with van der Waals surface area (Å²) in [7, 11) is -3.67. The van der Waals surface area contributed by atoms with Crippen molar-refractivity contribution in [2.45, 2.75) is 48.3 Å². The van der Waals surface area contributed by atoms with Gasteiger partial charge in [-0.2, -0.15) is 4.31 Å². The molecule has 2 aromatic carbocycles. The molecule has 0 N–H and O–H groups in total. The van der Waals surface area contributed by atoms with Crippen molar-refractivity contribution in [3.05, 3.63) is 65.2 Å². The van der Waals surface area contributed by atoms with E-state index in [0.717, 1.165) is 23.1 Å². The highest BCUT2D eigenvalue weighted by atomic mass is 32.2. The number of carbonyl (C=O) groups is 1. The lowest BCUT2D eigenvalue weighted by molar-refractivity contribution is -0.152. The molecule has 3 heterocycles. The molecule has 2 atom stereocenters. The van der Waals surface area contributed by atoms with Crippen LogP contribution in [-0.2, 0) is 19.6 Å². The predicted molar refractivity (Wildman–Crippen MR) is 115 cm³/mol. The highest BCUT2D eigenvalue weighted by Gasteiger charge is 2.69. The molecular weight excluding hydrogens is 420 g/mol. The van der Waals surface area contributed by atoms with Gasteiger partial charge in [-0.3, -0.25) is 9.69 Å². The molecule has 2 unspecified atom stereocenters. The lowest BCUT2D eigenvalue weighted by Crippen LogP contribution is -2.67. The van der Waals surface area contributed by atoms with E-state index < -0.39 is 20.7 Å². The van der Waals surface area contributed by atoms with Gasteiger partial charge >= 0.3 is 0 Å². The molecule has 3 saturated heterocycles. The molecule has 0 aromatic heterocycles. The molecule has 0 saturated carbocycles. The maximum Gasteiger partial charge on any atom is 0.261 e. The van der Waals surface area contributed by atoms with Gasteiger partial charge in [0.1, 0.15) is 0 Å². The summed E-state index contributed by atoms with van der Waals surface area (Å²) < 4.78 is 33.5. The molecule has 3 fully saturated rings. The van der Waals surface area contributed by atoms with E-state index in [1.807, 2.05) is 44.2 Å². The van der Waals surface area contributed by atoms with Crippen molar-refractivity contribution in [2.75, 3.05) is 13.1 Å². The molecule has 3 aliphatic heterocycles. The Kier molecular flexibility index (Phi) is 4.39. The molecule has 2 aromatic rings. The highest BCUT2D eigenvalue weighted by molar-refractivity contribution is 7.89. The zero-order chi connectivity index (χ0) is 21.3. The van der Waals surface area contributed by atoms with Gasteiger partial charge in [0.05, 0.1) is 24.0 Å². The van der Waals surface area contributed by atoms with Crippen molar-refractivity contribution in [1.82, 2.24) is 9.21 Å². The van der Waals surface area contributed by atoms with Crippen molar-refractivity contribution in [3.63, 3.8) is 0 Å². The number of amides is 1. The van der Waals surface area contributed by atoms with Crippen LogP contribution in [0.4, 0.5) is 0 Å². The van der Waals surface area contributed by atoms with Gasteiger partial charge in [-0.25, -0.2) is 8.42 Å². The molecule has 5 rings (SSSR count). The summed E-state index contributed by atoms with van der Waals surface area (Å²) in [5.74, 6) is -0.168. The Morgan fingerprint density at radius 1 is 1.10 bits per heavy atom. The number of sulfonamides is 1. The molecule has 0 bridgehead atoms. The van der Waals surface area contributed by atoms with E-state index in [9.17, 15) is 13.2 Å². The third-order valence-electron chi connectivity index (χ3n) is 6.44. The van der Waals surface area contributed by atoms with Crippen LogP contribution in [0.5, 0.6) is 0 Å². The molecule has 1 amide bonds. The normalized spacial score (nSPS) is 28.0. The number of rotatable bonds is 3. The smallest absolute Gasteiger partial charge is 0.261 e. The molecule has 1 spiro atoms. The lowest BCUT2D eigenvalue weighted by Gasteiger charge is -2.44. The summed E-state index contributed by atoms with van der Waals surface area (Å²) >= 11 is 4.74. The van der Waals surface area contributed by atoms with Crippen molar-refractivity contribution >= 4 is 28.6 Å². The third kappa shape index (κ3) is 2.77. The minimum absolute atomic E-state index is 0.0153. The number of nitrogens with zero attached hydrogens (tertiary/aromatic N) is 2. The number of thiol groups is 1. The number of benzene rings is 2. The molecular formula is C22H24N2O4S2. The Morgan fingerprint density at radius 3 is 2.53 bits per heavy atom. The van der Waals surface area contributed by atoms with Crippen molar-refractivity contribution in [2.24, 2.45) is 0 Å². The van der Waals surface area contributed by atoms with Crippen LogP contribution < -0.4 is 0 Å². The van der Waals surface area contributed by atoms with E-state index >= 15 is 0 Å². The van der Waals surface area contributed by atoms with Crippen LogP contribution in [0.2, 0.25) is 0 Å². The zero-order valence-electron chi connectivity index (χ0n) is 16.9. The minimum atomic E-state index is -3.67. The number of hydrogen-bond acceptors (Lipinski definition) is 5. The predicted octanol–water partition coefficient (Wildman–Crippen LogP) is 3.02. The number of aryl methyl sites for hydroxylation is 2. The Bertz CT molecular complexity index is 1140. The SMILES string of the molecule is Cc1cccc(S(=O)(=O)N2CC3(C2)OC2(S)CCC(c4ccccc4C)N2C3=O)c1. The number of ether oxygens (including phenoxy) is 1. The maximum absolute atomic E-state index is 13.5. The summed E-state index contributed by atoms with van der Waals surface area (Å²) in [5.41, 5.74) is 1.92. The molecule has 0 aliphatic carbocycles. The van der Waals surface area contributed by atoms with Gasteiger partial charge in [-0.15, -0.1) is 12.6 Å². The fourth-order valence-electron chi connectivity index (χ4n) is 4.87. The minimum Gasteiger partial charge on any atom is -0.327 e. The highest BCUT2D eigenvalue weighted by Crippen LogP contribution is 2.55. The molecule has 8 heteroatoms. The Balaban J connectivity index is 1.41. The van der Waals surface area contributed by atoms with Crippen LogP contribution in [0.3, 0.4) is 0 Å². The van der Waals surface area contributed by atoms with Gasteiger partial charge in [-0.1, -0.05) is 36.4 Å². The molecule has 0 radical (unpaired) electrons. The van der Waals surface area contributed by atoms with Gasteiger partial charge in [0, 0.05) is 6.42 Å². The van der Waals surface area contributed by atoms with Crippen molar-refractivity contribution < 1.29 is 17.9 Å². The molecule has 30 heavy (non-hydrogen) atoms. The average Bonchev–Trinajstić information content (AvgIpc) is 3.12. The first kappa shape index (κ1) is 20.1. The first-order chi connectivity index (χ1) is 14.2. The van der Waals surface area contributed by atoms with Crippen molar-refractivity contribution in [1.29, 1.82) is 0 Å². The van der Waals surface area contributed by atoms with E-state index in [1.54, 1.807) is 23.1 Å². The van der Waals surface area contributed by atoms with E-state index in [0.29, 0.717) is 6.42 Å². The summed E-state index contributed by atoms with van der Waals surface area (Å²) in [5, 5.41) is -0.997. The van der Waals surface area contributed by atoms with Gasteiger partial charge in [-0.05, 0) is 49.1 Å². The largest absolute Gasteiger partial charge is 0.327 e. The number of hydrogen-bond donors (Lipinski definition) is 1. The Morgan fingerprint density at radius 2 is 1.83 bits per heavy atom. The van der Waals surface area contributed by atoms with Crippen LogP contribution in [0.25, 0.3) is 0 Å². The average molecular weight is 445 g/mol. The summed E-state index contributed by atoms with van der Waals surface area (Å²) in [6, 6.07) is 14.7. The van der Waals surface area contributed by atoms with Crippen LogP contribution in [-0.4, -0.2) is 47.3 Å². The third-order valence-corrected chi connectivity index (χ3v) is 8.76. The second-order valence-corrected chi connectivity index (χ2v) is 11.2. The number of carbonyl (C=O) groups excluding carboxylic acids is 1. The molecule has 3 aliphatic rings. The van der Waals surface area contributed by atoms with Crippen LogP contribution in [0.1, 0.15) is 35.6 Å². The van der Waals surface area contributed by atoms with Gasteiger partial charge in [0.15, 0.2) is 10.7 Å². The summed E-state index contributed by atoms with van der Waals surface area (Å²) in [6.07, 6.45) is 1.37. The van der Waals surface area contributed by atoms with Gasteiger partial charge < -0.3 is 4.74 Å². The molecule has 158 valence electrons. The van der Waals surface area contributed by atoms with E-state index in [4.69, 9.17) is 17.4 Å². The lowest BCUT2D eigenvalue weighted by atomic mass is 9.93. The van der Waals surface area contributed by atoms with Crippen LogP contribution in [0, 0.1) is 13.8 Å². The van der Waals surface area contributed by atoms with Crippen molar-refractivity contribution in [3.8, 4) is 0 Å². The van der Waals surface area contributed by atoms with E-state index in [-0.39, 0.29) is 29.9 Å². The summed E-state index contributed by atoms with van der Waals surface area (Å²) in [6.45, 7) is 3.92. The summed E-state index contributed by atoms with van der Waals surface area (Å²) in [4.78, 5) is 15.5. The van der Waals surface area contributed by atoms with Crippen LogP contribution in [0.15, 0.2) is 53.4 Å². The fraction of sp³-hybridized carbons (Fsp3) is 0.409. The number of fused-ring (bicyclic) bond motifs is 1. The second-order valence-electron chi connectivity index (χ2n) is 8.52. The second kappa shape index (κ2) is 6.56. The molecule has 6 nitrogen and oxygen atoms in total. The quantitative estimate of drug-likeness (QED) is 0.739. The van der Waals surface area contributed by atoms with E-state index in [2.05, 4.69) is 0 Å². The Labute approximate surface area is 182 Å². The maximum atomic E-state index is 13.5. The first-order valence-corrected chi connectivity index (χ1v) is 11.9. The van der Waals surface area contributed by atoms with Crippen LogP contribution >= 0.6 is 12.6 Å². The topological polar surface area (TPSA) is 66.9 Å². The zero-order valence-corrected chi connectivity index (χ0v) is 18.6. The monoisotopic (exact) mass is 444 g/mol. The first-order valence-electron chi connectivity index (χ1n) is 10.1. The van der Waals surface area contributed by atoms with Gasteiger partial charge in [0.2, 0.25) is 10.0 Å². The van der Waals surface area contributed by atoms with Gasteiger partial charge in [0.25, 0.3) is 5.91 Å². The van der Waals surface area contributed by atoms with E-state index in [1.165, 1.54) is 4.31 Å². The standard InChI is InChI=1S/C22H24N2O4S2/c1-15-6-5-8-17(12-15)30(26,27)23-13-21(14-23)20(25)24-19(10-11-22(24,29)28-21)18-9-4-3-7-16(18)2/h3-9,12,19,29H,10-11,13-14H2,1-2H3.